The van der Waals surface area contributed by atoms with Crippen LogP contribution in [0.4, 0.5) is 5.69 Å². The van der Waals surface area contributed by atoms with Gasteiger partial charge in [0.15, 0.2) is 23.9 Å². The fourth-order valence-electron chi connectivity index (χ4n) is 3.07. The summed E-state index contributed by atoms with van der Waals surface area (Å²) in [5, 5.41) is 11.1. The van der Waals surface area contributed by atoms with Crippen LogP contribution in [0.2, 0.25) is 0 Å². The van der Waals surface area contributed by atoms with E-state index in [1.165, 1.54) is 18.2 Å². The Morgan fingerprint density at radius 3 is 2.59 bits per heavy atom. The van der Waals surface area contributed by atoms with Crippen LogP contribution >= 0.6 is 0 Å². The van der Waals surface area contributed by atoms with Crippen LogP contribution in [-0.4, -0.2) is 24.1 Å². The van der Waals surface area contributed by atoms with E-state index in [-0.39, 0.29) is 24.9 Å². The van der Waals surface area contributed by atoms with Gasteiger partial charge < -0.3 is 14.2 Å². The second-order valence-corrected chi connectivity index (χ2v) is 6.49. The molecule has 1 aliphatic heterocycles. The third kappa shape index (κ3) is 4.19. The monoisotopic (exact) mass is 391 g/mol. The standard InChI is InChI=1S/C22H17NO6/c24-19(16-6-8-21-22(12-16)29-14-28-21)13-27-20-9-7-18(23(25)26)11-17(20)10-15-4-2-1-3-5-15/h1-9,11-12H,10,13-14H2. The lowest BCUT2D eigenvalue weighted by molar-refractivity contribution is -0.384. The summed E-state index contributed by atoms with van der Waals surface area (Å²) in [4.78, 5) is 23.2. The van der Waals surface area contributed by atoms with Crippen molar-refractivity contribution in [2.75, 3.05) is 13.4 Å². The van der Waals surface area contributed by atoms with Crippen molar-refractivity contribution in [3.05, 3.63) is 93.5 Å². The van der Waals surface area contributed by atoms with Gasteiger partial charge in [0.2, 0.25) is 6.79 Å². The second kappa shape index (κ2) is 8.02. The molecule has 1 aliphatic rings. The first-order chi connectivity index (χ1) is 14.1. The molecule has 29 heavy (non-hydrogen) atoms. The van der Waals surface area contributed by atoms with Gasteiger partial charge in [0.1, 0.15) is 5.75 Å². The van der Waals surface area contributed by atoms with E-state index in [4.69, 9.17) is 14.2 Å². The second-order valence-electron chi connectivity index (χ2n) is 6.49. The Hall–Kier alpha value is -3.87. The van der Waals surface area contributed by atoms with Gasteiger partial charge in [-0.25, -0.2) is 0 Å². The Labute approximate surface area is 166 Å². The van der Waals surface area contributed by atoms with Gasteiger partial charge in [-0.2, -0.15) is 0 Å². The molecule has 4 rings (SSSR count). The Kier molecular flexibility index (Phi) is 5.11. The Bertz CT molecular complexity index is 1060. The van der Waals surface area contributed by atoms with Crippen molar-refractivity contribution >= 4 is 11.5 Å². The highest BCUT2D eigenvalue weighted by Gasteiger charge is 2.18. The number of carbonyl (C=O) groups is 1. The number of nitro benzene ring substituents is 1. The van der Waals surface area contributed by atoms with Crippen molar-refractivity contribution in [2.24, 2.45) is 0 Å². The highest BCUT2D eigenvalue weighted by atomic mass is 16.7. The topological polar surface area (TPSA) is 87.9 Å². The number of non-ortho nitro benzene ring substituents is 1. The summed E-state index contributed by atoms with van der Waals surface area (Å²) in [5.41, 5.74) is 2.05. The molecule has 0 fully saturated rings. The van der Waals surface area contributed by atoms with Crippen molar-refractivity contribution < 1.29 is 23.9 Å². The zero-order valence-corrected chi connectivity index (χ0v) is 15.4. The number of nitro groups is 1. The van der Waals surface area contributed by atoms with E-state index in [9.17, 15) is 14.9 Å². The minimum absolute atomic E-state index is 0.0228. The van der Waals surface area contributed by atoms with Gasteiger partial charge in [-0.15, -0.1) is 0 Å². The SMILES string of the molecule is O=C(COc1ccc([N+](=O)[O-])cc1Cc1ccccc1)c1ccc2c(c1)OCO2. The molecule has 0 bridgehead atoms. The number of ketones is 1. The van der Waals surface area contributed by atoms with E-state index in [2.05, 4.69) is 0 Å². The van der Waals surface area contributed by atoms with Gasteiger partial charge in [-0.3, -0.25) is 14.9 Å². The maximum absolute atomic E-state index is 12.5. The third-order valence-corrected chi connectivity index (χ3v) is 4.55. The minimum Gasteiger partial charge on any atom is -0.485 e. The Morgan fingerprint density at radius 2 is 1.79 bits per heavy atom. The molecule has 0 unspecified atom stereocenters. The third-order valence-electron chi connectivity index (χ3n) is 4.55. The maximum Gasteiger partial charge on any atom is 0.269 e. The van der Waals surface area contributed by atoms with E-state index >= 15 is 0 Å². The molecular weight excluding hydrogens is 374 g/mol. The predicted octanol–water partition coefficient (Wildman–Crippen LogP) is 4.18. The van der Waals surface area contributed by atoms with Crippen LogP contribution in [-0.2, 0) is 6.42 Å². The number of carbonyl (C=O) groups excluding carboxylic acids is 1. The van der Waals surface area contributed by atoms with Gasteiger partial charge >= 0.3 is 0 Å². The summed E-state index contributed by atoms with van der Waals surface area (Å²) < 4.78 is 16.3. The number of hydrogen-bond donors (Lipinski definition) is 0. The number of hydrogen-bond acceptors (Lipinski definition) is 6. The number of Topliss-reactive ketones (excluding diaryl/α,β-unsaturated/α-hetero) is 1. The molecule has 146 valence electrons. The number of benzene rings is 3. The van der Waals surface area contributed by atoms with Gasteiger partial charge in [-0.05, 0) is 29.8 Å². The molecule has 0 aliphatic carbocycles. The van der Waals surface area contributed by atoms with Gasteiger partial charge in [0.05, 0.1) is 4.92 Å². The highest BCUT2D eigenvalue weighted by Crippen LogP contribution is 2.33. The van der Waals surface area contributed by atoms with Crippen LogP contribution in [0, 0.1) is 10.1 Å². The zero-order valence-electron chi connectivity index (χ0n) is 15.4. The van der Waals surface area contributed by atoms with E-state index in [0.717, 1.165) is 5.56 Å². The van der Waals surface area contributed by atoms with Crippen LogP contribution in [0.1, 0.15) is 21.5 Å². The molecule has 0 aromatic heterocycles. The smallest absolute Gasteiger partial charge is 0.269 e. The molecule has 0 saturated carbocycles. The largest absolute Gasteiger partial charge is 0.485 e. The Balaban J connectivity index is 1.52. The summed E-state index contributed by atoms with van der Waals surface area (Å²) in [6.07, 6.45) is 0.454. The van der Waals surface area contributed by atoms with E-state index in [1.807, 2.05) is 30.3 Å². The summed E-state index contributed by atoms with van der Waals surface area (Å²) in [6.45, 7) is -0.0611. The number of ether oxygens (including phenoxy) is 3. The molecule has 0 atom stereocenters. The average molecular weight is 391 g/mol. The van der Waals surface area contributed by atoms with Crippen LogP contribution in [0.15, 0.2) is 66.7 Å². The summed E-state index contributed by atoms with van der Waals surface area (Å²) in [6, 6.07) is 18.9. The molecule has 1 heterocycles. The number of rotatable bonds is 7. The summed E-state index contributed by atoms with van der Waals surface area (Å²) in [5.74, 6) is 1.33. The number of nitrogens with zero attached hydrogens (tertiary/aromatic N) is 1. The van der Waals surface area contributed by atoms with Crippen molar-refractivity contribution in [1.29, 1.82) is 0 Å². The lowest BCUT2D eigenvalue weighted by atomic mass is 10.0. The molecule has 0 saturated heterocycles. The van der Waals surface area contributed by atoms with Crippen LogP contribution < -0.4 is 14.2 Å². The zero-order chi connectivity index (χ0) is 20.2. The molecule has 0 amide bonds. The van der Waals surface area contributed by atoms with Crippen molar-refractivity contribution in [3.8, 4) is 17.2 Å². The molecule has 7 nitrogen and oxygen atoms in total. The van der Waals surface area contributed by atoms with E-state index < -0.39 is 4.92 Å². The number of fused-ring (bicyclic) bond motifs is 1. The van der Waals surface area contributed by atoms with Crippen molar-refractivity contribution in [3.63, 3.8) is 0 Å². The lowest BCUT2D eigenvalue weighted by Gasteiger charge is -2.11. The molecule has 7 heteroatoms. The molecular formula is C22H17NO6. The van der Waals surface area contributed by atoms with Crippen LogP contribution in [0.3, 0.4) is 0 Å². The first kappa shape index (κ1) is 18.5. The first-order valence-electron chi connectivity index (χ1n) is 8.97. The molecule has 3 aromatic carbocycles. The summed E-state index contributed by atoms with van der Waals surface area (Å²) in [7, 11) is 0. The average Bonchev–Trinajstić information content (AvgIpc) is 3.21. The molecule has 0 N–H and O–H groups in total. The molecule has 0 spiro atoms. The Morgan fingerprint density at radius 1 is 1.00 bits per heavy atom. The normalized spacial score (nSPS) is 11.9. The van der Waals surface area contributed by atoms with E-state index in [1.54, 1.807) is 18.2 Å². The fraction of sp³-hybridized carbons (Fsp3) is 0.136. The summed E-state index contributed by atoms with van der Waals surface area (Å²) >= 11 is 0. The predicted molar refractivity (Wildman–Crippen MR) is 105 cm³/mol. The highest BCUT2D eigenvalue weighted by molar-refractivity contribution is 5.97. The lowest BCUT2D eigenvalue weighted by Crippen LogP contribution is -2.12. The maximum atomic E-state index is 12.5. The van der Waals surface area contributed by atoms with Gasteiger partial charge in [0.25, 0.3) is 5.69 Å². The molecule has 0 radical (unpaired) electrons. The van der Waals surface area contributed by atoms with Crippen molar-refractivity contribution in [1.82, 2.24) is 0 Å². The fourth-order valence-corrected chi connectivity index (χ4v) is 3.07. The first-order valence-corrected chi connectivity index (χ1v) is 8.97. The minimum atomic E-state index is -0.448. The van der Waals surface area contributed by atoms with Gasteiger partial charge in [0, 0.05) is 29.7 Å². The van der Waals surface area contributed by atoms with Gasteiger partial charge in [-0.1, -0.05) is 30.3 Å². The van der Waals surface area contributed by atoms with E-state index in [0.29, 0.717) is 34.8 Å². The van der Waals surface area contributed by atoms with Crippen LogP contribution in [0.5, 0.6) is 17.2 Å². The van der Waals surface area contributed by atoms with Crippen molar-refractivity contribution in [2.45, 2.75) is 6.42 Å². The van der Waals surface area contributed by atoms with Crippen LogP contribution in [0.25, 0.3) is 0 Å². The quantitative estimate of drug-likeness (QED) is 0.341. The molecule has 3 aromatic rings.